The lowest BCUT2D eigenvalue weighted by Crippen LogP contribution is -2.26. The molecule has 1 aliphatic rings. The van der Waals surface area contributed by atoms with Crippen LogP contribution >= 0.6 is 0 Å². The molecule has 0 aromatic heterocycles. The van der Waals surface area contributed by atoms with Crippen LogP contribution in [0.3, 0.4) is 0 Å². The molecule has 4 nitrogen and oxygen atoms in total. The molecule has 1 aromatic rings. The Kier molecular flexibility index (Phi) is 4.30. The van der Waals surface area contributed by atoms with Crippen LogP contribution in [0.5, 0.6) is 0 Å². The maximum absolute atomic E-state index is 11.9. The molecule has 1 saturated heterocycles. The molecule has 2 N–H and O–H groups in total. The number of rotatable bonds is 2. The van der Waals surface area contributed by atoms with Crippen LogP contribution in [0, 0.1) is 5.92 Å². The highest BCUT2D eigenvalue weighted by molar-refractivity contribution is 5.97. The van der Waals surface area contributed by atoms with Crippen molar-refractivity contribution in [2.24, 2.45) is 5.92 Å². The van der Waals surface area contributed by atoms with Crippen LogP contribution in [-0.4, -0.2) is 26.2 Å². The second-order valence-corrected chi connectivity index (χ2v) is 5.29. The van der Waals surface area contributed by atoms with Crippen molar-refractivity contribution < 1.29 is 9.53 Å². The molecule has 0 saturated carbocycles. The summed E-state index contributed by atoms with van der Waals surface area (Å²) in [7, 11) is 1.40. The lowest BCUT2D eigenvalue weighted by molar-refractivity contribution is 0.0601. The van der Waals surface area contributed by atoms with Gasteiger partial charge in [-0.2, -0.15) is 0 Å². The Bertz CT molecular complexity index is 459. The number of benzene rings is 1. The maximum Gasteiger partial charge on any atom is 0.340 e. The zero-order valence-corrected chi connectivity index (χ0v) is 11.7. The number of esters is 1. The van der Waals surface area contributed by atoms with E-state index in [4.69, 9.17) is 10.5 Å². The van der Waals surface area contributed by atoms with E-state index >= 15 is 0 Å². The molecule has 1 atom stereocenters. The van der Waals surface area contributed by atoms with E-state index in [0.29, 0.717) is 11.3 Å². The molecule has 19 heavy (non-hydrogen) atoms. The standard InChI is InChI=1S/C15H22N2O2/c1-11-4-3-8-17(9-7-11)14-6-5-12(16)10-13(14)15(18)19-2/h5-6,10-11H,3-4,7-9,16H2,1-2H3. The van der Waals surface area contributed by atoms with E-state index in [0.717, 1.165) is 37.5 Å². The van der Waals surface area contributed by atoms with Crippen molar-refractivity contribution in [3.05, 3.63) is 23.8 Å². The number of anilines is 2. The van der Waals surface area contributed by atoms with E-state index in [9.17, 15) is 4.79 Å². The molecule has 4 heteroatoms. The summed E-state index contributed by atoms with van der Waals surface area (Å²) in [6.07, 6.45) is 3.57. The van der Waals surface area contributed by atoms with Crippen LogP contribution < -0.4 is 10.6 Å². The smallest absolute Gasteiger partial charge is 0.340 e. The van der Waals surface area contributed by atoms with Crippen molar-refractivity contribution in [2.45, 2.75) is 26.2 Å². The van der Waals surface area contributed by atoms with Gasteiger partial charge in [-0.15, -0.1) is 0 Å². The third-order valence-electron chi connectivity index (χ3n) is 3.78. The normalized spacial score (nSPS) is 19.9. The van der Waals surface area contributed by atoms with Crippen LogP contribution in [0.25, 0.3) is 0 Å². The van der Waals surface area contributed by atoms with Gasteiger partial charge in [0.05, 0.1) is 18.4 Å². The Morgan fingerprint density at radius 3 is 2.89 bits per heavy atom. The minimum Gasteiger partial charge on any atom is -0.465 e. The van der Waals surface area contributed by atoms with E-state index in [1.54, 1.807) is 6.07 Å². The van der Waals surface area contributed by atoms with Gasteiger partial charge in [0.1, 0.15) is 0 Å². The van der Waals surface area contributed by atoms with E-state index in [1.807, 2.05) is 12.1 Å². The molecule has 2 rings (SSSR count). The van der Waals surface area contributed by atoms with Gasteiger partial charge in [-0.1, -0.05) is 6.92 Å². The van der Waals surface area contributed by atoms with Crippen molar-refractivity contribution in [3.8, 4) is 0 Å². The van der Waals surface area contributed by atoms with Crippen LogP contribution in [0.1, 0.15) is 36.5 Å². The van der Waals surface area contributed by atoms with Crippen LogP contribution in [0.15, 0.2) is 18.2 Å². The number of methoxy groups -OCH3 is 1. The zero-order valence-electron chi connectivity index (χ0n) is 11.7. The average Bonchev–Trinajstić information content (AvgIpc) is 2.62. The number of nitrogens with zero attached hydrogens (tertiary/aromatic N) is 1. The molecule has 0 radical (unpaired) electrons. The molecule has 0 amide bonds. The Hall–Kier alpha value is -1.71. The first-order valence-corrected chi connectivity index (χ1v) is 6.84. The first-order chi connectivity index (χ1) is 9.11. The van der Waals surface area contributed by atoms with E-state index in [-0.39, 0.29) is 5.97 Å². The Labute approximate surface area is 114 Å². The van der Waals surface area contributed by atoms with Crippen molar-refractivity contribution in [3.63, 3.8) is 0 Å². The predicted octanol–water partition coefficient (Wildman–Crippen LogP) is 2.68. The first-order valence-electron chi connectivity index (χ1n) is 6.84. The molecule has 1 aliphatic heterocycles. The van der Waals surface area contributed by atoms with Gasteiger partial charge in [0, 0.05) is 18.8 Å². The fraction of sp³-hybridized carbons (Fsp3) is 0.533. The van der Waals surface area contributed by atoms with Crippen molar-refractivity contribution in [2.75, 3.05) is 30.8 Å². The van der Waals surface area contributed by atoms with E-state index < -0.39 is 0 Å². The summed E-state index contributed by atoms with van der Waals surface area (Å²) in [5, 5.41) is 0. The number of nitrogen functional groups attached to an aromatic ring is 1. The molecular weight excluding hydrogens is 240 g/mol. The largest absolute Gasteiger partial charge is 0.465 e. The highest BCUT2D eigenvalue weighted by Gasteiger charge is 2.20. The quantitative estimate of drug-likeness (QED) is 0.657. The first kappa shape index (κ1) is 13.7. The monoisotopic (exact) mass is 262 g/mol. The van der Waals surface area contributed by atoms with E-state index in [2.05, 4.69) is 11.8 Å². The summed E-state index contributed by atoms with van der Waals surface area (Å²) < 4.78 is 4.85. The number of hydrogen-bond acceptors (Lipinski definition) is 4. The summed E-state index contributed by atoms with van der Waals surface area (Å²) in [6.45, 7) is 4.25. The Balaban J connectivity index is 2.30. The minimum atomic E-state index is -0.320. The molecule has 104 valence electrons. The predicted molar refractivity (Wildman–Crippen MR) is 77.4 cm³/mol. The lowest BCUT2D eigenvalue weighted by Gasteiger charge is -2.25. The fourth-order valence-corrected chi connectivity index (χ4v) is 2.61. The van der Waals surface area contributed by atoms with Gasteiger partial charge in [-0.05, 0) is 43.4 Å². The Morgan fingerprint density at radius 1 is 1.37 bits per heavy atom. The number of ether oxygens (including phenoxy) is 1. The molecule has 1 fully saturated rings. The van der Waals surface area contributed by atoms with Crippen LogP contribution in [0.4, 0.5) is 11.4 Å². The Morgan fingerprint density at radius 2 is 2.16 bits per heavy atom. The number of carbonyl (C=O) groups is 1. The van der Waals surface area contributed by atoms with Gasteiger partial charge < -0.3 is 15.4 Å². The van der Waals surface area contributed by atoms with Crippen LogP contribution in [-0.2, 0) is 4.74 Å². The summed E-state index contributed by atoms with van der Waals surface area (Å²) >= 11 is 0. The maximum atomic E-state index is 11.9. The number of carbonyl (C=O) groups excluding carboxylic acids is 1. The molecule has 1 aromatic carbocycles. The molecule has 1 heterocycles. The number of hydrogen-bond donors (Lipinski definition) is 1. The third kappa shape index (κ3) is 3.19. The highest BCUT2D eigenvalue weighted by Crippen LogP contribution is 2.27. The third-order valence-corrected chi connectivity index (χ3v) is 3.78. The molecular formula is C15H22N2O2. The fourth-order valence-electron chi connectivity index (χ4n) is 2.61. The average molecular weight is 262 g/mol. The van der Waals surface area contributed by atoms with Gasteiger partial charge in [-0.25, -0.2) is 4.79 Å². The molecule has 0 spiro atoms. The molecule has 1 unspecified atom stereocenters. The van der Waals surface area contributed by atoms with Crippen LogP contribution in [0.2, 0.25) is 0 Å². The zero-order chi connectivity index (χ0) is 13.8. The van der Waals surface area contributed by atoms with Crippen molar-refractivity contribution >= 4 is 17.3 Å². The molecule has 0 aliphatic carbocycles. The van der Waals surface area contributed by atoms with Gasteiger partial charge in [0.15, 0.2) is 0 Å². The topological polar surface area (TPSA) is 55.6 Å². The molecule has 0 bridgehead atoms. The summed E-state index contributed by atoms with van der Waals surface area (Å²) in [5.74, 6) is 0.431. The van der Waals surface area contributed by atoms with Gasteiger partial charge in [0.25, 0.3) is 0 Å². The highest BCUT2D eigenvalue weighted by atomic mass is 16.5. The van der Waals surface area contributed by atoms with Crippen molar-refractivity contribution in [1.82, 2.24) is 0 Å². The summed E-state index contributed by atoms with van der Waals surface area (Å²) in [6, 6.07) is 5.48. The van der Waals surface area contributed by atoms with E-state index in [1.165, 1.54) is 13.5 Å². The summed E-state index contributed by atoms with van der Waals surface area (Å²) in [5.41, 5.74) is 7.87. The van der Waals surface area contributed by atoms with Crippen molar-refractivity contribution in [1.29, 1.82) is 0 Å². The summed E-state index contributed by atoms with van der Waals surface area (Å²) in [4.78, 5) is 14.1. The lowest BCUT2D eigenvalue weighted by atomic mass is 10.0. The van der Waals surface area contributed by atoms with Gasteiger partial charge in [0.2, 0.25) is 0 Å². The SMILES string of the molecule is COC(=O)c1cc(N)ccc1N1CCCC(C)CC1. The van der Waals surface area contributed by atoms with Gasteiger partial charge >= 0.3 is 5.97 Å². The van der Waals surface area contributed by atoms with Gasteiger partial charge in [-0.3, -0.25) is 0 Å². The second-order valence-electron chi connectivity index (χ2n) is 5.29. The number of nitrogens with two attached hydrogens (primary N) is 1. The minimum absolute atomic E-state index is 0.320. The second kappa shape index (κ2) is 5.95.